The second kappa shape index (κ2) is 10.0. The van der Waals surface area contributed by atoms with E-state index < -0.39 is 14.3 Å². The van der Waals surface area contributed by atoms with Crippen LogP contribution >= 0.6 is 0 Å². The molecule has 0 aromatic carbocycles. The first kappa shape index (κ1) is 24.9. The van der Waals surface area contributed by atoms with Gasteiger partial charge in [0, 0.05) is 25.6 Å². The Morgan fingerprint density at radius 1 is 1.29 bits per heavy atom. The molecule has 6 nitrogen and oxygen atoms in total. The summed E-state index contributed by atoms with van der Waals surface area (Å²) in [4.78, 5) is 11.8. The number of ether oxygens (including phenoxy) is 3. The van der Waals surface area contributed by atoms with E-state index in [0.29, 0.717) is 25.0 Å². The minimum atomic E-state index is -1.91. The number of carboxylic acids is 1. The summed E-state index contributed by atoms with van der Waals surface area (Å²) in [5.74, 6) is -0.500. The summed E-state index contributed by atoms with van der Waals surface area (Å²) in [7, 11) is -1.91. The Kier molecular flexibility index (Phi) is 8.06. The summed E-state index contributed by atoms with van der Waals surface area (Å²) in [5.41, 5.74) is 0.397. The van der Waals surface area contributed by atoms with Crippen LogP contribution in [0.2, 0.25) is 18.1 Å². The molecule has 31 heavy (non-hydrogen) atoms. The zero-order chi connectivity index (χ0) is 22.8. The van der Waals surface area contributed by atoms with Crippen molar-refractivity contribution in [3.8, 4) is 0 Å². The van der Waals surface area contributed by atoms with E-state index >= 15 is 0 Å². The van der Waals surface area contributed by atoms with Crippen molar-refractivity contribution >= 4 is 14.3 Å². The highest BCUT2D eigenvalue weighted by molar-refractivity contribution is 6.74. The average Bonchev–Trinajstić information content (AvgIpc) is 2.89. The fraction of sp³-hybridized carbons (Fsp3) is 0.875. The lowest BCUT2D eigenvalue weighted by Gasteiger charge is -2.38. The molecule has 0 bridgehead atoms. The Hall–Kier alpha value is -0.733. The van der Waals surface area contributed by atoms with Crippen molar-refractivity contribution in [2.45, 2.75) is 109 Å². The molecule has 1 saturated carbocycles. The highest BCUT2D eigenvalue weighted by Gasteiger charge is 2.49. The second-order valence-corrected chi connectivity index (χ2v) is 15.7. The minimum absolute atomic E-state index is 0.0140. The monoisotopic (exact) mass is 454 g/mol. The third-order valence-corrected chi connectivity index (χ3v) is 12.3. The van der Waals surface area contributed by atoms with E-state index in [1.807, 2.05) is 13.0 Å². The van der Waals surface area contributed by atoms with Gasteiger partial charge in [-0.15, -0.1) is 0 Å². The maximum atomic E-state index is 11.8. The molecule has 1 aliphatic carbocycles. The van der Waals surface area contributed by atoms with Crippen LogP contribution in [-0.2, 0) is 23.4 Å². The van der Waals surface area contributed by atoms with Gasteiger partial charge in [-0.05, 0) is 56.2 Å². The Bertz CT molecular complexity index is 649. The lowest BCUT2D eigenvalue weighted by Crippen LogP contribution is -2.44. The molecular formula is C24H42O6Si. The van der Waals surface area contributed by atoms with Crippen LogP contribution in [0.15, 0.2) is 11.6 Å². The van der Waals surface area contributed by atoms with E-state index in [9.17, 15) is 9.90 Å². The van der Waals surface area contributed by atoms with E-state index in [-0.39, 0.29) is 41.5 Å². The molecule has 2 fully saturated rings. The number of carbonyl (C=O) groups is 1. The van der Waals surface area contributed by atoms with Crippen molar-refractivity contribution in [1.29, 1.82) is 0 Å². The summed E-state index contributed by atoms with van der Waals surface area (Å²) in [6.45, 7) is 14.7. The number of hydrogen-bond acceptors (Lipinski definition) is 5. The predicted octanol–water partition coefficient (Wildman–Crippen LogP) is 5.13. The molecule has 2 aliphatic heterocycles. The molecule has 0 radical (unpaired) electrons. The van der Waals surface area contributed by atoms with Crippen LogP contribution < -0.4 is 0 Å². The Morgan fingerprint density at radius 3 is 2.61 bits per heavy atom. The van der Waals surface area contributed by atoms with Gasteiger partial charge in [0.05, 0.1) is 23.9 Å². The van der Waals surface area contributed by atoms with Gasteiger partial charge >= 0.3 is 5.97 Å². The van der Waals surface area contributed by atoms with Crippen molar-refractivity contribution in [3.63, 3.8) is 0 Å². The number of rotatable bonds is 7. The van der Waals surface area contributed by atoms with Gasteiger partial charge in [-0.25, -0.2) is 4.79 Å². The number of aliphatic carboxylic acids is 1. The molecule has 178 valence electrons. The van der Waals surface area contributed by atoms with Gasteiger partial charge in [0.15, 0.2) is 14.6 Å². The lowest BCUT2D eigenvalue weighted by atomic mass is 9.91. The zero-order valence-corrected chi connectivity index (χ0v) is 21.2. The van der Waals surface area contributed by atoms with Crippen LogP contribution in [-0.4, -0.2) is 57.2 Å². The van der Waals surface area contributed by atoms with Gasteiger partial charge in [0.1, 0.15) is 0 Å². The van der Waals surface area contributed by atoms with E-state index in [1.54, 1.807) is 0 Å². The summed E-state index contributed by atoms with van der Waals surface area (Å²) in [6, 6.07) is 0. The maximum absolute atomic E-state index is 11.8. The van der Waals surface area contributed by atoms with Crippen LogP contribution in [0.25, 0.3) is 0 Å². The second-order valence-electron chi connectivity index (χ2n) is 10.9. The van der Waals surface area contributed by atoms with Gasteiger partial charge in [-0.2, -0.15) is 0 Å². The van der Waals surface area contributed by atoms with E-state index in [2.05, 4.69) is 33.9 Å². The molecule has 0 aromatic rings. The highest BCUT2D eigenvalue weighted by atomic mass is 28.4. The fourth-order valence-electron chi connectivity index (χ4n) is 4.75. The standard InChI is InChI=1S/C24H42O6Si/c1-7-19-17(23(25)26)12-11-16-18(15-28-31(5,6)24(2,3)4)21(14-20(16)29-19)30-22-10-8-9-13-27-22/h12,16,18-22H,7-11,13-15H2,1-6H3,(H,25,26)/t16-,18-,19?,20+,21-,22?/m1/s1. The highest BCUT2D eigenvalue weighted by Crippen LogP contribution is 2.45. The van der Waals surface area contributed by atoms with Crippen molar-refractivity contribution in [2.75, 3.05) is 13.2 Å². The topological polar surface area (TPSA) is 74.2 Å². The van der Waals surface area contributed by atoms with Gasteiger partial charge < -0.3 is 23.7 Å². The molecule has 2 heterocycles. The van der Waals surface area contributed by atoms with Gasteiger partial charge in [0.2, 0.25) is 0 Å². The van der Waals surface area contributed by atoms with Crippen molar-refractivity contribution in [1.82, 2.24) is 0 Å². The Labute approximate surface area is 188 Å². The first-order chi connectivity index (χ1) is 14.5. The molecule has 0 spiro atoms. The Balaban J connectivity index is 1.79. The van der Waals surface area contributed by atoms with Crippen LogP contribution in [0.1, 0.15) is 66.2 Å². The largest absolute Gasteiger partial charge is 0.478 e. The summed E-state index contributed by atoms with van der Waals surface area (Å²) < 4.78 is 25.4. The average molecular weight is 455 g/mol. The molecule has 6 atom stereocenters. The Morgan fingerprint density at radius 2 is 2.03 bits per heavy atom. The molecular weight excluding hydrogens is 412 g/mol. The number of fused-ring (bicyclic) bond motifs is 1. The minimum Gasteiger partial charge on any atom is -0.478 e. The first-order valence-electron chi connectivity index (χ1n) is 12.0. The number of allylic oxidation sites excluding steroid dienone is 1. The van der Waals surface area contributed by atoms with E-state index in [1.165, 1.54) is 0 Å². The molecule has 1 N–H and O–H groups in total. The number of hydrogen-bond donors (Lipinski definition) is 1. The van der Waals surface area contributed by atoms with Crippen LogP contribution in [0.5, 0.6) is 0 Å². The molecule has 3 aliphatic rings. The van der Waals surface area contributed by atoms with Gasteiger partial charge in [0.25, 0.3) is 0 Å². The normalized spacial score (nSPS) is 34.7. The van der Waals surface area contributed by atoms with Crippen LogP contribution in [0, 0.1) is 11.8 Å². The molecule has 1 saturated heterocycles. The van der Waals surface area contributed by atoms with Crippen LogP contribution in [0.3, 0.4) is 0 Å². The fourth-order valence-corrected chi connectivity index (χ4v) is 5.80. The van der Waals surface area contributed by atoms with Crippen molar-refractivity contribution in [2.24, 2.45) is 11.8 Å². The third-order valence-electron chi connectivity index (χ3n) is 7.79. The predicted molar refractivity (Wildman–Crippen MR) is 122 cm³/mol. The van der Waals surface area contributed by atoms with Gasteiger partial charge in [-0.3, -0.25) is 0 Å². The maximum Gasteiger partial charge on any atom is 0.333 e. The molecule has 2 unspecified atom stereocenters. The molecule has 7 heteroatoms. The van der Waals surface area contributed by atoms with E-state index in [0.717, 1.165) is 32.3 Å². The summed E-state index contributed by atoms with van der Waals surface area (Å²) >= 11 is 0. The van der Waals surface area contributed by atoms with E-state index in [4.69, 9.17) is 18.6 Å². The SMILES string of the molecule is CCC1O[C@H]2C[C@@H](OC3CCCCO3)[C@H](CO[Si](C)(C)C(C)(C)C)[C@H]2CC=C1C(=O)O. The quantitative estimate of drug-likeness (QED) is 0.537. The molecule has 0 amide bonds. The smallest absolute Gasteiger partial charge is 0.333 e. The summed E-state index contributed by atoms with van der Waals surface area (Å²) in [5, 5.41) is 9.79. The third kappa shape index (κ3) is 5.80. The van der Waals surface area contributed by atoms with Crippen molar-refractivity contribution in [3.05, 3.63) is 11.6 Å². The van der Waals surface area contributed by atoms with Crippen LogP contribution in [0.4, 0.5) is 0 Å². The molecule has 3 rings (SSSR count). The molecule has 0 aromatic heterocycles. The van der Waals surface area contributed by atoms with Crippen molar-refractivity contribution < 1.29 is 28.5 Å². The first-order valence-corrected chi connectivity index (χ1v) is 14.9. The van der Waals surface area contributed by atoms with Gasteiger partial charge in [-0.1, -0.05) is 33.8 Å². The zero-order valence-electron chi connectivity index (χ0n) is 20.2. The lowest BCUT2D eigenvalue weighted by molar-refractivity contribution is -0.198. The number of carboxylic acid groups (broad SMARTS) is 1. The summed E-state index contributed by atoms with van der Waals surface area (Å²) in [6.07, 6.45) is 6.66.